The van der Waals surface area contributed by atoms with Crippen LogP contribution < -0.4 is 14.7 Å². The van der Waals surface area contributed by atoms with Crippen molar-refractivity contribution in [2.75, 3.05) is 78.7 Å². The first-order valence-electron chi connectivity index (χ1n) is 28.7. The number of halogens is 2. The Bertz CT molecular complexity index is 4140. The van der Waals surface area contributed by atoms with Gasteiger partial charge < -0.3 is 57.3 Å². The van der Waals surface area contributed by atoms with Gasteiger partial charge in [-0.3, -0.25) is 0 Å². The highest BCUT2D eigenvalue weighted by molar-refractivity contribution is 14.1. The van der Waals surface area contributed by atoms with Gasteiger partial charge in [0.2, 0.25) is 0 Å². The van der Waals surface area contributed by atoms with E-state index in [4.69, 9.17) is 42.6 Å². The minimum absolute atomic E-state index is 0.253. The molecule has 0 saturated carbocycles. The summed E-state index contributed by atoms with van der Waals surface area (Å²) in [5.74, 6) is -5.06. The van der Waals surface area contributed by atoms with E-state index in [0.29, 0.717) is 51.2 Å². The second-order valence-corrected chi connectivity index (χ2v) is 22.4. The van der Waals surface area contributed by atoms with Crippen LogP contribution in [0.4, 0.5) is 51.2 Å². The lowest BCUT2D eigenvalue weighted by atomic mass is 10.0. The Labute approximate surface area is 580 Å². The molecule has 492 valence electrons. The van der Waals surface area contributed by atoms with Crippen molar-refractivity contribution in [3.63, 3.8) is 0 Å². The summed E-state index contributed by atoms with van der Waals surface area (Å²) in [6.07, 6.45) is 0. The summed E-state index contributed by atoms with van der Waals surface area (Å²) in [4.78, 5) is 118. The van der Waals surface area contributed by atoms with E-state index in [1.807, 2.05) is 25.1 Å². The van der Waals surface area contributed by atoms with Crippen LogP contribution in [0, 0.1) is 14.1 Å². The van der Waals surface area contributed by atoms with Crippen LogP contribution in [0.1, 0.15) is 98.8 Å². The van der Waals surface area contributed by atoms with Crippen molar-refractivity contribution >= 4 is 150 Å². The summed E-state index contributed by atoms with van der Waals surface area (Å²) in [6, 6.07) is 56.3. The van der Waals surface area contributed by atoms with Gasteiger partial charge in [0.15, 0.2) is 0 Å². The molecule has 0 fully saturated rings. The van der Waals surface area contributed by atoms with E-state index in [2.05, 4.69) is 45.2 Å². The minimum Gasteiger partial charge on any atom is -0.465 e. The highest BCUT2D eigenvalue weighted by Gasteiger charge is 2.32. The summed E-state index contributed by atoms with van der Waals surface area (Å²) >= 11 is 4.20. The maximum absolute atomic E-state index is 12.7. The Hall–Kier alpha value is -10.9. The molecular weight excluding hydrogens is 1460 g/mol. The maximum Gasteiger partial charge on any atom is 0.340 e. The molecule has 0 bridgehead atoms. The predicted molar refractivity (Wildman–Crippen MR) is 376 cm³/mol. The fourth-order valence-corrected chi connectivity index (χ4v) is 10.9. The quantitative estimate of drug-likeness (QED) is 0.0440. The molecule has 0 aliphatic carbocycles. The van der Waals surface area contributed by atoms with Gasteiger partial charge in [0.25, 0.3) is 0 Å². The average Bonchev–Trinajstić information content (AvgIpc) is 0.782. The van der Waals surface area contributed by atoms with Gasteiger partial charge in [0.1, 0.15) is 0 Å². The lowest BCUT2D eigenvalue weighted by Crippen LogP contribution is -2.21. The van der Waals surface area contributed by atoms with E-state index >= 15 is 0 Å². The number of rotatable bonds is 18. The third-order valence-electron chi connectivity index (χ3n) is 14.3. The molecule has 96 heavy (non-hydrogen) atoms. The zero-order chi connectivity index (χ0) is 69.8. The number of nitrogens with zero attached hydrogens (tertiary/aromatic N) is 3. The van der Waals surface area contributed by atoms with Gasteiger partial charge in [0, 0.05) is 7.14 Å². The Morgan fingerprint density at radius 3 is 0.604 bits per heavy atom. The highest BCUT2D eigenvalue weighted by atomic mass is 127. The number of hydrogen-bond donors (Lipinski definition) is 0. The third kappa shape index (κ3) is 16.5. The lowest BCUT2D eigenvalue weighted by molar-refractivity contribution is 0.0590. The van der Waals surface area contributed by atoms with E-state index in [1.54, 1.807) is 197 Å². The highest BCUT2D eigenvalue weighted by Crippen LogP contribution is 2.45. The van der Waals surface area contributed by atoms with Crippen LogP contribution in [0.2, 0.25) is 0 Å². The third-order valence-corrected chi connectivity index (χ3v) is 15.7. The molecule has 9 aromatic rings. The molecule has 0 aromatic heterocycles. The zero-order valence-electron chi connectivity index (χ0n) is 53.5. The molecule has 0 saturated heterocycles. The van der Waals surface area contributed by atoms with Crippen molar-refractivity contribution < 1.29 is 85.8 Å². The average molecular weight is 1520 g/mol. The summed E-state index contributed by atoms with van der Waals surface area (Å²) in [7, 11) is 11.6. The van der Waals surface area contributed by atoms with Crippen molar-refractivity contribution in [1.82, 2.24) is 0 Å². The van der Waals surface area contributed by atoms with Crippen LogP contribution in [-0.4, -0.2) is 118 Å². The van der Waals surface area contributed by atoms with Crippen LogP contribution in [0.15, 0.2) is 200 Å². The number of aryl methyl sites for hydroxylation is 1. The monoisotopic (exact) mass is 1520 g/mol. The van der Waals surface area contributed by atoms with E-state index in [0.717, 1.165) is 12.7 Å². The molecule has 0 aliphatic heterocycles. The lowest BCUT2D eigenvalue weighted by Gasteiger charge is -2.30. The second kappa shape index (κ2) is 34.3. The molecule has 0 heterocycles. The van der Waals surface area contributed by atoms with Crippen molar-refractivity contribution in [2.24, 2.45) is 0 Å². The molecule has 0 N–H and O–H groups in total. The van der Waals surface area contributed by atoms with Gasteiger partial charge in [-0.2, -0.15) is 0 Å². The van der Waals surface area contributed by atoms with Gasteiger partial charge in [-0.1, -0.05) is 84.4 Å². The van der Waals surface area contributed by atoms with Crippen LogP contribution >= 0.6 is 45.2 Å². The number of hydrogen-bond acceptors (Lipinski definition) is 21. The minimum atomic E-state index is -0.564. The van der Waals surface area contributed by atoms with Crippen LogP contribution in [0.25, 0.3) is 0 Å². The number of methoxy groups -OCH3 is 9. The molecule has 0 unspecified atom stereocenters. The van der Waals surface area contributed by atoms with Crippen LogP contribution in [-0.2, 0) is 42.6 Å². The first-order chi connectivity index (χ1) is 46.3. The molecule has 0 spiro atoms. The second-order valence-electron chi connectivity index (χ2n) is 19.9. The number of ether oxygens (including phenoxy) is 9. The van der Waals surface area contributed by atoms with Gasteiger partial charge in [-0.05, 0) is 173 Å². The molecule has 0 aliphatic rings. The van der Waals surface area contributed by atoms with E-state index in [-0.39, 0.29) is 50.1 Å². The Morgan fingerprint density at radius 2 is 0.396 bits per heavy atom. The van der Waals surface area contributed by atoms with Crippen molar-refractivity contribution in [2.45, 2.75) is 6.92 Å². The van der Waals surface area contributed by atoms with Gasteiger partial charge >= 0.3 is 53.7 Å². The fraction of sp³-hybridized carbons (Fsp3) is 0.137. The smallest absolute Gasteiger partial charge is 0.340 e. The summed E-state index contributed by atoms with van der Waals surface area (Å²) in [5.41, 5.74) is 6.95. The molecule has 0 atom stereocenters. The van der Waals surface area contributed by atoms with Crippen molar-refractivity contribution in [3.05, 3.63) is 263 Å². The summed E-state index contributed by atoms with van der Waals surface area (Å²) in [5, 5.41) is 0. The summed E-state index contributed by atoms with van der Waals surface area (Å²) in [6.45, 7) is 1.85. The topological polar surface area (TPSA) is 246 Å². The first kappa shape index (κ1) is 72.5. The predicted octanol–water partition coefficient (Wildman–Crippen LogP) is 15.1. The standard InChI is InChI=1S/C25H23NO6.C24H19I2NO6.C24H21NO6/c1-16-13-14-22(19(15-16)25(29)32-4)26(20-11-7-5-9-17(20)23(27)30-2)21-12-8-6-10-18(21)24(28)31-3;1-31-22(28)16-6-4-5-7-19(16)27(20-10-8-14(25)12-17(20)23(29)32-2)21-11-9-15(26)13-18(21)24(30)33-3;1-29-22(26)16-10-4-7-13-19(16)25(20-14-8-5-11-17(20)23(27)30-2)21-15-9-6-12-18(21)24(28)31-3/h5-15H,1-4H3;4-13H,1-3H3;4-15H,1-3H3. The number of esters is 9. The largest absolute Gasteiger partial charge is 0.465 e. The van der Waals surface area contributed by atoms with Crippen LogP contribution in [0.5, 0.6) is 0 Å². The van der Waals surface area contributed by atoms with Gasteiger partial charge in [-0.25, -0.2) is 43.2 Å². The SMILES string of the molecule is COC(=O)c1ccccc1N(c1ccc(I)cc1C(=O)OC)c1ccc(I)cc1C(=O)OC.COC(=O)c1ccccc1N(c1ccccc1C(=O)OC)c1ccc(C)cc1C(=O)OC.COC(=O)c1ccccc1N(c1ccccc1C(=O)OC)c1ccccc1C(=O)OC. The number of carbonyl (C=O) groups excluding carboxylic acids is 9. The number of anilines is 9. The van der Waals surface area contributed by atoms with E-state index < -0.39 is 53.7 Å². The normalized spacial score (nSPS) is 10.2. The number of carbonyl (C=O) groups is 9. The number of benzene rings is 9. The molecule has 0 radical (unpaired) electrons. The van der Waals surface area contributed by atoms with Crippen molar-refractivity contribution in [1.29, 1.82) is 0 Å². The maximum atomic E-state index is 12.7. The van der Waals surface area contributed by atoms with Crippen LogP contribution in [0.3, 0.4) is 0 Å². The molecular formula is C73H63I2N3O18. The number of para-hydroxylation sites is 6. The molecule has 9 rings (SSSR count). The molecule has 23 heteroatoms. The van der Waals surface area contributed by atoms with E-state index in [1.165, 1.54) is 64.0 Å². The molecule has 9 aromatic carbocycles. The Morgan fingerprint density at radius 1 is 0.229 bits per heavy atom. The Balaban J connectivity index is 0.000000203. The molecule has 21 nitrogen and oxygen atoms in total. The van der Waals surface area contributed by atoms with Gasteiger partial charge in [0.05, 0.1) is 165 Å². The summed E-state index contributed by atoms with van der Waals surface area (Å²) < 4.78 is 46.4. The first-order valence-corrected chi connectivity index (χ1v) is 30.8. The van der Waals surface area contributed by atoms with Gasteiger partial charge in [-0.15, -0.1) is 0 Å². The fourth-order valence-electron chi connectivity index (χ4n) is 9.95. The van der Waals surface area contributed by atoms with E-state index in [9.17, 15) is 43.2 Å². The Kier molecular flexibility index (Phi) is 25.9. The molecule has 0 amide bonds. The van der Waals surface area contributed by atoms with Crippen molar-refractivity contribution in [3.8, 4) is 0 Å². The zero-order valence-corrected chi connectivity index (χ0v) is 57.8.